The van der Waals surface area contributed by atoms with Crippen molar-refractivity contribution in [1.29, 1.82) is 0 Å². The van der Waals surface area contributed by atoms with E-state index in [2.05, 4.69) is 20.7 Å². The highest BCUT2D eigenvalue weighted by Crippen LogP contribution is 2.41. The number of alkyl halides is 3. The summed E-state index contributed by atoms with van der Waals surface area (Å²) < 4.78 is 51.5. The van der Waals surface area contributed by atoms with Crippen molar-refractivity contribution < 1.29 is 27.4 Å². The van der Waals surface area contributed by atoms with Crippen molar-refractivity contribution in [2.45, 2.75) is 6.36 Å². The maximum Gasteiger partial charge on any atom is 0.573 e. The van der Waals surface area contributed by atoms with Crippen LogP contribution in [0.3, 0.4) is 0 Å². The summed E-state index contributed by atoms with van der Waals surface area (Å²) in [5.41, 5.74) is 4.69. The van der Waals surface area contributed by atoms with Crippen molar-refractivity contribution in [3.63, 3.8) is 0 Å². The Morgan fingerprint density at radius 2 is 1.93 bits per heavy atom. The highest BCUT2D eigenvalue weighted by Gasteiger charge is 2.35. The number of hydrogen-bond donors (Lipinski definition) is 2. The Labute approximate surface area is 89.6 Å². The number of anilines is 1. The van der Waals surface area contributed by atoms with E-state index in [1.54, 1.807) is 0 Å². The molecule has 3 N–H and O–H groups in total. The van der Waals surface area contributed by atoms with Crippen molar-refractivity contribution in [2.75, 3.05) is 5.73 Å². The molecule has 0 aliphatic heterocycles. The van der Waals surface area contributed by atoms with Gasteiger partial charge in [0.15, 0.2) is 11.6 Å². The lowest BCUT2D eigenvalue weighted by atomic mass is 10.2. The van der Waals surface area contributed by atoms with Gasteiger partial charge >= 0.3 is 6.36 Å². The predicted octanol–water partition coefficient (Wildman–Crippen LogP) is 2.77. The number of phenolic OH excluding ortho intramolecular Hbond substituents is 1. The lowest BCUT2D eigenvalue weighted by Gasteiger charge is -2.13. The monoisotopic (exact) mass is 289 g/mol. The lowest BCUT2D eigenvalue weighted by molar-refractivity contribution is -0.276. The van der Waals surface area contributed by atoms with Gasteiger partial charge in [-0.05, 0) is 22.0 Å². The summed E-state index contributed by atoms with van der Waals surface area (Å²) >= 11 is 2.63. The van der Waals surface area contributed by atoms with E-state index in [1.165, 1.54) is 0 Å². The summed E-state index contributed by atoms with van der Waals surface area (Å²) in [6.07, 6.45) is -5.11. The van der Waals surface area contributed by atoms with Crippen molar-refractivity contribution >= 4 is 21.6 Å². The van der Waals surface area contributed by atoms with E-state index in [0.29, 0.717) is 0 Å². The van der Waals surface area contributed by atoms with Crippen LogP contribution in [0.15, 0.2) is 10.5 Å². The Bertz CT molecular complexity index is 367. The molecule has 0 atom stereocenters. The van der Waals surface area contributed by atoms with E-state index < -0.39 is 29.4 Å². The summed E-state index contributed by atoms with van der Waals surface area (Å²) in [5, 5.41) is 9.06. The van der Waals surface area contributed by atoms with Gasteiger partial charge in [0.25, 0.3) is 0 Å². The zero-order valence-electron chi connectivity index (χ0n) is 6.90. The molecular formula is C7H4BrF4NO2. The van der Waals surface area contributed by atoms with Crippen LogP contribution in [0.1, 0.15) is 0 Å². The minimum absolute atomic E-state index is 0.336. The molecule has 0 aliphatic rings. The molecule has 1 aromatic rings. The number of ether oxygens (including phenoxy) is 1. The van der Waals surface area contributed by atoms with Gasteiger partial charge in [-0.25, -0.2) is 4.39 Å². The minimum Gasteiger partial charge on any atom is -0.503 e. The molecule has 84 valence electrons. The Hall–Kier alpha value is -1.18. The first-order valence-corrected chi connectivity index (χ1v) is 4.24. The fourth-order valence-electron chi connectivity index (χ4n) is 0.821. The van der Waals surface area contributed by atoms with Gasteiger partial charge in [0.2, 0.25) is 5.75 Å². The van der Waals surface area contributed by atoms with Gasteiger partial charge in [-0.15, -0.1) is 13.2 Å². The number of benzene rings is 1. The van der Waals surface area contributed by atoms with Crippen LogP contribution in [0.2, 0.25) is 0 Å². The van der Waals surface area contributed by atoms with Crippen LogP contribution in [0.4, 0.5) is 23.2 Å². The van der Waals surface area contributed by atoms with Crippen LogP contribution < -0.4 is 10.5 Å². The summed E-state index contributed by atoms with van der Waals surface area (Å²) in [5.74, 6) is -3.82. The average Bonchev–Trinajstić information content (AvgIpc) is 2.08. The first-order valence-electron chi connectivity index (χ1n) is 3.44. The predicted molar refractivity (Wildman–Crippen MR) is 46.9 cm³/mol. The number of nitrogens with two attached hydrogens (primary N) is 1. The summed E-state index contributed by atoms with van der Waals surface area (Å²) in [4.78, 5) is 0. The van der Waals surface area contributed by atoms with Gasteiger partial charge in [0.1, 0.15) is 0 Å². The molecule has 0 fully saturated rings. The Morgan fingerprint density at radius 1 is 1.40 bits per heavy atom. The van der Waals surface area contributed by atoms with E-state index >= 15 is 0 Å². The van der Waals surface area contributed by atoms with E-state index in [1.807, 2.05) is 0 Å². The third kappa shape index (κ3) is 2.65. The van der Waals surface area contributed by atoms with Gasteiger partial charge in [-0.1, -0.05) is 0 Å². The maximum atomic E-state index is 13.1. The van der Waals surface area contributed by atoms with Gasteiger partial charge in [0.05, 0.1) is 10.2 Å². The number of aromatic hydroxyl groups is 1. The molecule has 0 spiro atoms. The molecule has 1 aromatic carbocycles. The minimum atomic E-state index is -5.11. The Morgan fingerprint density at radius 3 is 2.40 bits per heavy atom. The molecule has 8 heteroatoms. The fraction of sp³-hybridized carbons (Fsp3) is 0.143. The molecule has 0 bridgehead atoms. The van der Waals surface area contributed by atoms with Crippen LogP contribution in [0.25, 0.3) is 0 Å². The smallest absolute Gasteiger partial charge is 0.503 e. The van der Waals surface area contributed by atoms with Gasteiger partial charge in [-0.3, -0.25) is 0 Å². The van der Waals surface area contributed by atoms with Crippen LogP contribution in [0, 0.1) is 5.82 Å². The molecule has 0 radical (unpaired) electrons. The second-order valence-electron chi connectivity index (χ2n) is 2.49. The zero-order valence-corrected chi connectivity index (χ0v) is 8.49. The number of rotatable bonds is 1. The molecule has 1 rings (SSSR count). The largest absolute Gasteiger partial charge is 0.573 e. The summed E-state index contributed by atoms with van der Waals surface area (Å²) in [6, 6.07) is 0.925. The lowest BCUT2D eigenvalue weighted by Crippen LogP contribution is -2.18. The average molecular weight is 290 g/mol. The highest BCUT2D eigenvalue weighted by molar-refractivity contribution is 9.10. The highest BCUT2D eigenvalue weighted by atomic mass is 79.9. The molecule has 0 saturated carbocycles. The number of nitrogen functional groups attached to an aromatic ring is 1. The van der Waals surface area contributed by atoms with Gasteiger partial charge < -0.3 is 15.6 Å². The van der Waals surface area contributed by atoms with Crippen molar-refractivity contribution in [3.8, 4) is 11.5 Å². The summed E-state index contributed by atoms with van der Waals surface area (Å²) in [7, 11) is 0. The third-order valence-corrected chi connectivity index (χ3v) is 1.97. The van der Waals surface area contributed by atoms with Crippen LogP contribution in [-0.2, 0) is 0 Å². The fourth-order valence-corrected chi connectivity index (χ4v) is 1.25. The first-order chi connectivity index (χ1) is 6.72. The van der Waals surface area contributed by atoms with E-state index in [0.717, 1.165) is 6.07 Å². The van der Waals surface area contributed by atoms with E-state index in [4.69, 9.17) is 10.8 Å². The molecule has 0 saturated heterocycles. The molecule has 3 nitrogen and oxygen atoms in total. The molecular weight excluding hydrogens is 286 g/mol. The maximum absolute atomic E-state index is 13.1. The number of hydrogen-bond acceptors (Lipinski definition) is 3. The number of halogens is 5. The van der Waals surface area contributed by atoms with E-state index in [-0.39, 0.29) is 4.47 Å². The molecule has 0 aliphatic carbocycles. The van der Waals surface area contributed by atoms with Gasteiger partial charge in [0, 0.05) is 0 Å². The SMILES string of the molecule is Nc1cc(Br)c(F)c(OC(F)(F)F)c1O. The summed E-state index contributed by atoms with van der Waals surface area (Å²) in [6.45, 7) is 0. The third-order valence-electron chi connectivity index (χ3n) is 1.40. The van der Waals surface area contributed by atoms with Crippen molar-refractivity contribution in [3.05, 3.63) is 16.4 Å². The molecule has 15 heavy (non-hydrogen) atoms. The van der Waals surface area contributed by atoms with E-state index in [9.17, 15) is 17.6 Å². The first kappa shape index (κ1) is 11.9. The van der Waals surface area contributed by atoms with Crippen LogP contribution >= 0.6 is 15.9 Å². The normalized spacial score (nSPS) is 11.5. The quantitative estimate of drug-likeness (QED) is 0.475. The molecule has 0 aromatic heterocycles. The van der Waals surface area contributed by atoms with Crippen LogP contribution in [0.5, 0.6) is 11.5 Å². The molecule has 0 unspecified atom stereocenters. The standard InChI is InChI=1S/C7H4BrF4NO2/c8-2-1-3(13)5(14)6(4(2)9)15-7(10,11)12/h1,14H,13H2. The Balaban J connectivity index is 3.27. The molecule has 0 heterocycles. The van der Waals surface area contributed by atoms with Crippen molar-refractivity contribution in [1.82, 2.24) is 0 Å². The number of phenols is 1. The zero-order chi connectivity index (χ0) is 11.8. The second kappa shape index (κ2) is 3.76. The Kier molecular flexibility index (Phi) is 2.98. The second-order valence-corrected chi connectivity index (χ2v) is 3.34. The van der Waals surface area contributed by atoms with Crippen LogP contribution in [-0.4, -0.2) is 11.5 Å². The van der Waals surface area contributed by atoms with Crippen molar-refractivity contribution in [2.24, 2.45) is 0 Å². The topological polar surface area (TPSA) is 55.5 Å². The molecule has 0 amide bonds. The van der Waals surface area contributed by atoms with Gasteiger partial charge in [-0.2, -0.15) is 0 Å².